The fourth-order valence-corrected chi connectivity index (χ4v) is 3.46. The van der Waals surface area contributed by atoms with Gasteiger partial charge in [0.15, 0.2) is 0 Å². The van der Waals surface area contributed by atoms with Crippen molar-refractivity contribution in [2.75, 3.05) is 28.8 Å². The van der Waals surface area contributed by atoms with Crippen molar-refractivity contribution >= 4 is 46.8 Å². The third-order valence-corrected chi connectivity index (χ3v) is 5.12. The second-order valence-corrected chi connectivity index (χ2v) is 6.92. The summed E-state index contributed by atoms with van der Waals surface area (Å²) in [6, 6.07) is 2.76. The largest absolute Gasteiger partial charge is 0.416 e. The number of alkyl halides is 3. The van der Waals surface area contributed by atoms with Crippen molar-refractivity contribution < 1.29 is 18.0 Å². The maximum absolute atomic E-state index is 12.8. The molecule has 0 saturated carbocycles. The molecule has 0 spiro atoms. The molecule has 0 aliphatic carbocycles. The Morgan fingerprint density at radius 2 is 1.88 bits per heavy atom. The minimum absolute atomic E-state index is 0.0449. The highest BCUT2D eigenvalue weighted by atomic mass is 32.2. The Morgan fingerprint density at radius 1 is 1.23 bits per heavy atom. The average Bonchev–Trinajstić information content (AvgIpc) is 2.56. The molecule has 1 heterocycles. The topological polar surface area (TPSA) is 107 Å². The third-order valence-electron chi connectivity index (χ3n) is 3.26. The van der Waals surface area contributed by atoms with Crippen LogP contribution in [-0.4, -0.2) is 27.9 Å². The number of rotatable bonds is 5. The summed E-state index contributed by atoms with van der Waals surface area (Å²) in [6.45, 7) is 1.80. The first-order chi connectivity index (χ1) is 12.1. The zero-order valence-corrected chi connectivity index (χ0v) is 15.5. The highest BCUT2D eigenvalue weighted by molar-refractivity contribution is 8.00. The molecule has 2 rings (SSSR count). The lowest BCUT2D eigenvalue weighted by molar-refractivity contribution is -0.137. The van der Waals surface area contributed by atoms with Gasteiger partial charge in [0.05, 0.1) is 22.7 Å². The lowest BCUT2D eigenvalue weighted by Gasteiger charge is -2.13. The molecule has 6 nitrogen and oxygen atoms in total. The molecule has 26 heavy (non-hydrogen) atoms. The quantitative estimate of drug-likeness (QED) is 0.399. The van der Waals surface area contributed by atoms with E-state index in [2.05, 4.69) is 15.3 Å². The molecule has 1 aromatic heterocycles. The number of anilines is 3. The van der Waals surface area contributed by atoms with Crippen LogP contribution in [0.15, 0.2) is 28.3 Å². The van der Waals surface area contributed by atoms with Gasteiger partial charge < -0.3 is 16.8 Å². The number of nitrogens with one attached hydrogen (secondary N) is 1. The van der Waals surface area contributed by atoms with Crippen LogP contribution in [0.1, 0.15) is 11.1 Å². The number of carbonyl (C=O) groups excluding carboxylic acids is 1. The Labute approximate surface area is 156 Å². The Kier molecular flexibility index (Phi) is 6.24. The maximum Gasteiger partial charge on any atom is 0.416 e. The van der Waals surface area contributed by atoms with Gasteiger partial charge in [-0.3, -0.25) is 4.79 Å². The van der Waals surface area contributed by atoms with Crippen molar-refractivity contribution in [2.24, 2.45) is 0 Å². The zero-order chi connectivity index (χ0) is 19.5. The Bertz CT molecular complexity index is 830. The number of aromatic nitrogens is 2. The summed E-state index contributed by atoms with van der Waals surface area (Å²) >= 11 is 2.51. The van der Waals surface area contributed by atoms with Gasteiger partial charge in [-0.2, -0.15) is 13.2 Å². The zero-order valence-electron chi connectivity index (χ0n) is 13.8. The standard InChI is InChI=1S/C15H16F3N5OS2/c1-7-12(25-2)22-14(20)23-13(7)26-6-11(24)21-10-5-8(15(16,17)18)3-4-9(10)19/h3-5H,6,19H2,1-2H3,(H,21,24)(H2,20,22,23). The molecular weight excluding hydrogens is 387 g/mol. The Hall–Kier alpha value is -2.14. The first kappa shape index (κ1) is 20.2. The molecule has 5 N–H and O–H groups in total. The maximum atomic E-state index is 12.8. The normalized spacial score (nSPS) is 11.4. The van der Waals surface area contributed by atoms with Crippen molar-refractivity contribution in [3.05, 3.63) is 29.3 Å². The number of nitrogens with zero attached hydrogens (tertiary/aromatic N) is 2. The van der Waals surface area contributed by atoms with Gasteiger partial charge in [0.2, 0.25) is 11.9 Å². The highest BCUT2D eigenvalue weighted by Gasteiger charge is 2.31. The van der Waals surface area contributed by atoms with Gasteiger partial charge in [-0.1, -0.05) is 11.8 Å². The summed E-state index contributed by atoms with van der Waals surface area (Å²) in [7, 11) is 0. The average molecular weight is 403 g/mol. The summed E-state index contributed by atoms with van der Waals surface area (Å²) in [6.07, 6.45) is -2.68. The van der Waals surface area contributed by atoms with E-state index in [1.807, 2.05) is 6.26 Å². The van der Waals surface area contributed by atoms with Gasteiger partial charge in [0, 0.05) is 5.56 Å². The van der Waals surface area contributed by atoms with Gasteiger partial charge in [-0.05, 0) is 31.4 Å². The van der Waals surface area contributed by atoms with Crippen molar-refractivity contribution in [2.45, 2.75) is 23.2 Å². The number of nitrogens with two attached hydrogens (primary N) is 2. The van der Waals surface area contributed by atoms with E-state index in [0.29, 0.717) is 10.1 Å². The first-order valence-electron chi connectivity index (χ1n) is 7.19. The van der Waals surface area contributed by atoms with Gasteiger partial charge in [0.1, 0.15) is 10.1 Å². The van der Waals surface area contributed by atoms with E-state index in [1.54, 1.807) is 6.92 Å². The fourth-order valence-electron chi connectivity index (χ4n) is 1.99. The number of benzene rings is 1. The van der Waals surface area contributed by atoms with Crippen LogP contribution < -0.4 is 16.8 Å². The Morgan fingerprint density at radius 3 is 2.50 bits per heavy atom. The molecule has 0 fully saturated rings. The molecule has 11 heteroatoms. The van der Waals surface area contributed by atoms with E-state index in [-0.39, 0.29) is 23.1 Å². The second kappa shape index (κ2) is 8.04. The summed E-state index contributed by atoms with van der Waals surface area (Å²) in [5.41, 5.74) is 11.1. The van der Waals surface area contributed by atoms with Crippen molar-refractivity contribution in [1.82, 2.24) is 9.97 Å². The predicted molar refractivity (Wildman–Crippen MR) is 98.2 cm³/mol. The molecule has 1 amide bonds. The number of amides is 1. The summed E-state index contributed by atoms with van der Waals surface area (Å²) in [4.78, 5) is 20.3. The lowest BCUT2D eigenvalue weighted by Crippen LogP contribution is -2.16. The number of hydrogen-bond acceptors (Lipinski definition) is 7. The molecule has 0 bridgehead atoms. The predicted octanol–water partition coefficient (Wildman–Crippen LogP) is 3.42. The number of hydrogen-bond donors (Lipinski definition) is 3. The van der Waals surface area contributed by atoms with Crippen molar-refractivity contribution in [3.8, 4) is 0 Å². The summed E-state index contributed by atoms with van der Waals surface area (Å²) < 4.78 is 38.3. The molecule has 0 unspecified atom stereocenters. The number of halogens is 3. The molecule has 0 atom stereocenters. The highest BCUT2D eigenvalue weighted by Crippen LogP contribution is 2.33. The van der Waals surface area contributed by atoms with Gasteiger partial charge in [0.25, 0.3) is 0 Å². The van der Waals surface area contributed by atoms with Crippen LogP contribution in [0.25, 0.3) is 0 Å². The van der Waals surface area contributed by atoms with Crippen LogP contribution in [0, 0.1) is 6.92 Å². The SMILES string of the molecule is CSc1nc(N)nc(SCC(=O)Nc2cc(C(F)(F)F)ccc2N)c1C. The molecule has 0 aliphatic rings. The minimum atomic E-state index is -4.52. The first-order valence-corrected chi connectivity index (χ1v) is 9.40. The smallest absolute Gasteiger partial charge is 0.397 e. The van der Waals surface area contributed by atoms with Crippen LogP contribution >= 0.6 is 23.5 Å². The van der Waals surface area contributed by atoms with Gasteiger partial charge in [-0.15, -0.1) is 11.8 Å². The van der Waals surface area contributed by atoms with Crippen LogP contribution in [-0.2, 0) is 11.0 Å². The Balaban J connectivity index is 2.10. The second-order valence-electron chi connectivity index (χ2n) is 5.16. The van der Waals surface area contributed by atoms with E-state index in [4.69, 9.17) is 11.5 Å². The molecule has 2 aromatic rings. The van der Waals surface area contributed by atoms with E-state index in [0.717, 1.165) is 35.5 Å². The van der Waals surface area contributed by atoms with Crippen molar-refractivity contribution in [3.63, 3.8) is 0 Å². The van der Waals surface area contributed by atoms with Crippen LogP contribution in [0.5, 0.6) is 0 Å². The fraction of sp³-hybridized carbons (Fsp3) is 0.267. The van der Waals surface area contributed by atoms with Gasteiger partial charge >= 0.3 is 6.18 Å². The monoisotopic (exact) mass is 403 g/mol. The summed E-state index contributed by atoms with van der Waals surface area (Å²) in [5.74, 6) is -0.492. The molecule has 140 valence electrons. The van der Waals surface area contributed by atoms with E-state index in [9.17, 15) is 18.0 Å². The van der Waals surface area contributed by atoms with Gasteiger partial charge in [-0.25, -0.2) is 9.97 Å². The number of thioether (sulfide) groups is 2. The summed E-state index contributed by atoms with van der Waals surface area (Å²) in [5, 5.41) is 3.62. The molecule has 0 radical (unpaired) electrons. The molecular formula is C15H16F3N5OS2. The van der Waals surface area contributed by atoms with Crippen LogP contribution in [0.4, 0.5) is 30.5 Å². The van der Waals surface area contributed by atoms with Crippen molar-refractivity contribution in [1.29, 1.82) is 0 Å². The number of carbonyl (C=O) groups is 1. The molecule has 1 aromatic carbocycles. The lowest BCUT2D eigenvalue weighted by atomic mass is 10.1. The van der Waals surface area contributed by atoms with E-state index in [1.165, 1.54) is 11.8 Å². The van der Waals surface area contributed by atoms with Crippen LogP contribution in [0.3, 0.4) is 0 Å². The number of nitrogen functional groups attached to an aromatic ring is 2. The third kappa shape index (κ3) is 4.94. The van der Waals surface area contributed by atoms with E-state index >= 15 is 0 Å². The molecule has 0 aliphatic heterocycles. The van der Waals surface area contributed by atoms with E-state index < -0.39 is 17.6 Å². The minimum Gasteiger partial charge on any atom is -0.397 e. The van der Waals surface area contributed by atoms with Crippen LogP contribution in [0.2, 0.25) is 0 Å². The molecule has 0 saturated heterocycles.